The molecule has 1 unspecified atom stereocenters. The van der Waals surface area contributed by atoms with Gasteiger partial charge in [-0.3, -0.25) is 14.5 Å². The van der Waals surface area contributed by atoms with Crippen LogP contribution in [0, 0.1) is 13.8 Å². The Kier molecular flexibility index (Phi) is 8.10. The van der Waals surface area contributed by atoms with E-state index in [-0.39, 0.29) is 18.2 Å². The topological polar surface area (TPSA) is 71.0 Å². The summed E-state index contributed by atoms with van der Waals surface area (Å²) in [6.07, 6.45) is 0.0890. The summed E-state index contributed by atoms with van der Waals surface area (Å²) < 4.78 is 5.17. The van der Waals surface area contributed by atoms with Crippen molar-refractivity contribution in [3.63, 3.8) is 0 Å². The number of benzene rings is 2. The summed E-state index contributed by atoms with van der Waals surface area (Å²) in [5, 5.41) is 3.05. The van der Waals surface area contributed by atoms with Gasteiger partial charge in [-0.25, -0.2) is 4.99 Å². The molecule has 6 nitrogen and oxygen atoms in total. The molecule has 2 amide bonds. The summed E-state index contributed by atoms with van der Waals surface area (Å²) in [6.45, 7) is 9.03. The van der Waals surface area contributed by atoms with E-state index in [9.17, 15) is 9.59 Å². The molecule has 1 aliphatic heterocycles. The van der Waals surface area contributed by atoms with Crippen LogP contribution >= 0.6 is 11.8 Å². The number of rotatable bonds is 8. The number of anilines is 1. The van der Waals surface area contributed by atoms with Crippen molar-refractivity contribution in [3.8, 4) is 0 Å². The van der Waals surface area contributed by atoms with Gasteiger partial charge in [0.25, 0.3) is 0 Å². The minimum Gasteiger partial charge on any atom is -0.383 e. The van der Waals surface area contributed by atoms with Gasteiger partial charge in [-0.15, -0.1) is 0 Å². The molecular weight excluding hydrogens is 422 g/mol. The highest BCUT2D eigenvalue weighted by Crippen LogP contribution is 2.32. The van der Waals surface area contributed by atoms with Crippen LogP contribution in [0.2, 0.25) is 0 Å². The Morgan fingerprint density at radius 2 is 1.91 bits per heavy atom. The second kappa shape index (κ2) is 10.8. The van der Waals surface area contributed by atoms with Crippen molar-refractivity contribution in [1.82, 2.24) is 4.90 Å². The van der Waals surface area contributed by atoms with E-state index in [4.69, 9.17) is 9.73 Å². The Balaban J connectivity index is 1.75. The molecule has 7 heteroatoms. The predicted octanol–water partition coefficient (Wildman–Crippen LogP) is 5.03. The van der Waals surface area contributed by atoms with Crippen molar-refractivity contribution >= 4 is 40.1 Å². The quantitative estimate of drug-likeness (QED) is 0.608. The van der Waals surface area contributed by atoms with E-state index in [0.717, 1.165) is 22.5 Å². The Morgan fingerprint density at radius 1 is 1.19 bits per heavy atom. The third-order valence-electron chi connectivity index (χ3n) is 5.36. The minimum absolute atomic E-state index is 0.0890. The van der Waals surface area contributed by atoms with Gasteiger partial charge in [0, 0.05) is 19.2 Å². The summed E-state index contributed by atoms with van der Waals surface area (Å²) in [4.78, 5) is 32.1. The number of nitrogens with zero attached hydrogens (tertiary/aromatic N) is 2. The number of hydrogen-bond acceptors (Lipinski definition) is 5. The molecule has 1 saturated heterocycles. The molecule has 170 valence electrons. The van der Waals surface area contributed by atoms with Crippen LogP contribution in [-0.4, -0.2) is 47.4 Å². The molecule has 0 radical (unpaired) electrons. The zero-order valence-electron chi connectivity index (χ0n) is 19.3. The number of amides is 2. The van der Waals surface area contributed by atoms with Crippen LogP contribution in [-0.2, 0) is 14.3 Å². The van der Waals surface area contributed by atoms with Crippen LogP contribution in [0.1, 0.15) is 42.9 Å². The number of carbonyl (C=O) groups excluding carboxylic acids is 2. The van der Waals surface area contributed by atoms with E-state index in [1.807, 2.05) is 44.2 Å². The number of ether oxygens (including phenoxy) is 1. The summed E-state index contributed by atoms with van der Waals surface area (Å²) in [5.41, 5.74) is 4.86. The fourth-order valence-electron chi connectivity index (χ4n) is 3.40. The number of thioether (sulfide) groups is 1. The van der Waals surface area contributed by atoms with Gasteiger partial charge in [0.2, 0.25) is 11.8 Å². The number of nitrogens with one attached hydrogen (secondary N) is 1. The molecule has 1 aliphatic rings. The highest BCUT2D eigenvalue weighted by Gasteiger charge is 2.39. The second-order valence-corrected chi connectivity index (χ2v) is 9.47. The molecule has 2 aromatic rings. The Bertz CT molecular complexity index is 1000. The van der Waals surface area contributed by atoms with Gasteiger partial charge in [0.05, 0.1) is 18.8 Å². The van der Waals surface area contributed by atoms with Crippen molar-refractivity contribution < 1.29 is 14.3 Å². The number of hydrogen-bond donors (Lipinski definition) is 1. The molecule has 0 spiro atoms. The lowest BCUT2D eigenvalue weighted by Crippen LogP contribution is -2.35. The molecule has 1 heterocycles. The number of methoxy groups -OCH3 is 1. The van der Waals surface area contributed by atoms with Crippen LogP contribution in [0.5, 0.6) is 0 Å². The summed E-state index contributed by atoms with van der Waals surface area (Å²) in [6, 6.07) is 14.0. The highest BCUT2D eigenvalue weighted by atomic mass is 32.2. The van der Waals surface area contributed by atoms with Gasteiger partial charge in [0.15, 0.2) is 5.17 Å². The van der Waals surface area contributed by atoms with E-state index in [1.54, 1.807) is 12.0 Å². The average Bonchev–Trinajstić information content (AvgIpc) is 3.03. The monoisotopic (exact) mass is 453 g/mol. The lowest BCUT2D eigenvalue weighted by atomic mass is 10.0. The van der Waals surface area contributed by atoms with Gasteiger partial charge in [-0.1, -0.05) is 49.9 Å². The van der Waals surface area contributed by atoms with Crippen molar-refractivity contribution in [3.05, 3.63) is 59.2 Å². The molecule has 1 N–H and O–H groups in total. The lowest BCUT2D eigenvalue weighted by Gasteiger charge is -2.16. The van der Waals surface area contributed by atoms with Gasteiger partial charge >= 0.3 is 0 Å². The normalized spacial score (nSPS) is 17.4. The minimum atomic E-state index is -0.509. The Hall–Kier alpha value is -2.64. The maximum Gasteiger partial charge on any atom is 0.242 e. The summed E-state index contributed by atoms with van der Waals surface area (Å²) in [5.74, 6) is 0.150. The molecule has 0 aliphatic carbocycles. The van der Waals surface area contributed by atoms with Crippen LogP contribution in [0.25, 0.3) is 0 Å². The fraction of sp³-hybridized carbons (Fsp3) is 0.400. The highest BCUT2D eigenvalue weighted by molar-refractivity contribution is 8.15. The van der Waals surface area contributed by atoms with E-state index in [0.29, 0.717) is 24.2 Å². The van der Waals surface area contributed by atoms with E-state index in [2.05, 4.69) is 31.3 Å². The van der Waals surface area contributed by atoms with Gasteiger partial charge in [-0.05, 0) is 54.7 Å². The lowest BCUT2D eigenvalue weighted by molar-refractivity contribution is -0.128. The molecule has 1 atom stereocenters. The molecule has 2 aromatic carbocycles. The Morgan fingerprint density at radius 3 is 2.56 bits per heavy atom. The average molecular weight is 454 g/mol. The SMILES string of the molecule is COCCN1C(=O)C(CC(=O)Nc2cc(C)ccc2C)SC1=Nc1ccc(C(C)C)cc1. The maximum atomic E-state index is 13.1. The van der Waals surface area contributed by atoms with E-state index in [1.165, 1.54) is 17.3 Å². The Labute approximate surface area is 194 Å². The standard InChI is InChI=1S/C25H31N3O3S/c1-16(2)19-8-10-20(11-9-19)26-25-28(12-13-31-5)24(30)22(32-25)15-23(29)27-21-14-17(3)6-7-18(21)4/h6-11,14,16,22H,12-13,15H2,1-5H3,(H,27,29). The van der Waals surface area contributed by atoms with E-state index < -0.39 is 5.25 Å². The second-order valence-electron chi connectivity index (χ2n) is 8.30. The van der Waals surface area contributed by atoms with Crippen molar-refractivity contribution in [1.29, 1.82) is 0 Å². The number of amidine groups is 1. The number of aliphatic imine (C=N–C) groups is 1. The smallest absolute Gasteiger partial charge is 0.242 e. The van der Waals surface area contributed by atoms with Crippen LogP contribution in [0.15, 0.2) is 47.5 Å². The van der Waals surface area contributed by atoms with Crippen molar-refractivity contribution in [2.45, 2.75) is 45.3 Å². The summed E-state index contributed by atoms with van der Waals surface area (Å²) in [7, 11) is 1.60. The molecule has 0 aromatic heterocycles. The maximum absolute atomic E-state index is 13.1. The van der Waals surface area contributed by atoms with E-state index >= 15 is 0 Å². The first kappa shape index (κ1) is 24.0. The molecule has 1 fully saturated rings. The van der Waals surface area contributed by atoms with Gasteiger partial charge in [-0.2, -0.15) is 0 Å². The third-order valence-corrected chi connectivity index (χ3v) is 6.54. The van der Waals surface area contributed by atoms with Crippen molar-refractivity contribution in [2.75, 3.05) is 25.6 Å². The molecule has 0 bridgehead atoms. The predicted molar refractivity (Wildman–Crippen MR) is 132 cm³/mol. The summed E-state index contributed by atoms with van der Waals surface area (Å²) >= 11 is 1.34. The van der Waals surface area contributed by atoms with Gasteiger partial charge in [0.1, 0.15) is 5.25 Å². The molecule has 0 saturated carbocycles. The molecule has 3 rings (SSSR count). The van der Waals surface area contributed by atoms with Gasteiger partial charge < -0.3 is 10.1 Å². The molecular formula is C25H31N3O3S. The first-order chi connectivity index (χ1) is 15.3. The number of carbonyl (C=O) groups is 2. The first-order valence-electron chi connectivity index (χ1n) is 10.8. The van der Waals surface area contributed by atoms with Crippen molar-refractivity contribution in [2.24, 2.45) is 4.99 Å². The third kappa shape index (κ3) is 5.99. The largest absolute Gasteiger partial charge is 0.383 e. The first-order valence-corrected chi connectivity index (χ1v) is 11.7. The van der Waals surface area contributed by atoms with Crippen LogP contribution in [0.4, 0.5) is 11.4 Å². The zero-order chi connectivity index (χ0) is 23.3. The zero-order valence-corrected chi connectivity index (χ0v) is 20.2. The molecule has 32 heavy (non-hydrogen) atoms. The van der Waals surface area contributed by atoms with Crippen LogP contribution < -0.4 is 5.32 Å². The number of aryl methyl sites for hydroxylation is 2. The fourth-order valence-corrected chi connectivity index (χ4v) is 4.58. The van der Waals surface area contributed by atoms with Crippen LogP contribution in [0.3, 0.4) is 0 Å².